The van der Waals surface area contributed by atoms with Gasteiger partial charge in [0.1, 0.15) is 5.01 Å². The topological polar surface area (TPSA) is 28.2 Å². The van der Waals surface area contributed by atoms with E-state index in [0.717, 1.165) is 17.5 Å². The van der Waals surface area contributed by atoms with Gasteiger partial charge in [-0.1, -0.05) is 0 Å². The number of nitrogens with zero attached hydrogens (tertiary/aromatic N) is 2. The summed E-state index contributed by atoms with van der Waals surface area (Å²) in [5.74, 6) is 0.810. The third-order valence-electron chi connectivity index (χ3n) is 4.00. The zero-order valence-corrected chi connectivity index (χ0v) is 12.7. The third-order valence-corrected chi connectivity index (χ3v) is 4.82. The van der Waals surface area contributed by atoms with Gasteiger partial charge in [-0.15, -0.1) is 11.3 Å². The molecule has 106 valence electrons. The van der Waals surface area contributed by atoms with Crippen molar-refractivity contribution in [1.29, 1.82) is 0 Å². The normalized spacial score (nSPS) is 17.2. The van der Waals surface area contributed by atoms with E-state index in [1.165, 1.54) is 37.2 Å². The van der Waals surface area contributed by atoms with Gasteiger partial charge in [0.15, 0.2) is 0 Å². The summed E-state index contributed by atoms with van der Waals surface area (Å²) in [5.41, 5.74) is 2.41. The van der Waals surface area contributed by atoms with Crippen molar-refractivity contribution in [2.24, 2.45) is 5.92 Å². The molecule has 0 bridgehead atoms. The van der Waals surface area contributed by atoms with Gasteiger partial charge in [-0.25, -0.2) is 4.98 Å². The van der Waals surface area contributed by atoms with E-state index in [1.54, 1.807) is 11.3 Å². The molecule has 1 aromatic heterocycles. The van der Waals surface area contributed by atoms with Crippen LogP contribution in [0.2, 0.25) is 0 Å². The molecule has 1 fully saturated rings. The molecule has 1 aromatic carbocycles. The monoisotopic (exact) mass is 287 g/mol. The average Bonchev–Trinajstić information content (AvgIpc) is 3.01. The molecule has 20 heavy (non-hydrogen) atoms. The Morgan fingerprint density at radius 3 is 2.65 bits per heavy atom. The summed E-state index contributed by atoms with van der Waals surface area (Å²) in [4.78, 5) is 6.75. The van der Waals surface area contributed by atoms with Crippen molar-refractivity contribution in [3.8, 4) is 10.6 Å². The first-order valence-electron chi connectivity index (χ1n) is 7.23. The number of hydrogen-bond acceptors (Lipinski definition) is 4. The summed E-state index contributed by atoms with van der Waals surface area (Å²) in [6.45, 7) is 3.55. The molecule has 3 rings (SSSR count). The highest BCUT2D eigenvalue weighted by Crippen LogP contribution is 2.24. The van der Waals surface area contributed by atoms with Gasteiger partial charge >= 0.3 is 0 Å². The summed E-state index contributed by atoms with van der Waals surface area (Å²) in [6, 6.07) is 8.61. The number of aromatic nitrogens is 1. The Bertz CT molecular complexity index is 513. The van der Waals surface area contributed by atoms with Gasteiger partial charge in [-0.3, -0.25) is 0 Å². The fourth-order valence-electron chi connectivity index (χ4n) is 2.63. The molecule has 3 nitrogen and oxygen atoms in total. The Kier molecular flexibility index (Phi) is 4.33. The number of rotatable bonds is 4. The Labute approximate surface area is 124 Å². The molecule has 1 N–H and O–H groups in total. The maximum atomic E-state index is 4.34. The van der Waals surface area contributed by atoms with E-state index in [2.05, 4.69) is 46.5 Å². The molecule has 0 unspecified atom stereocenters. The Morgan fingerprint density at radius 2 is 2.00 bits per heavy atom. The molecule has 0 atom stereocenters. The van der Waals surface area contributed by atoms with E-state index in [0.29, 0.717) is 0 Å². The predicted molar refractivity (Wildman–Crippen MR) is 86.3 cm³/mol. The van der Waals surface area contributed by atoms with E-state index >= 15 is 0 Å². The molecule has 1 saturated heterocycles. The third kappa shape index (κ3) is 3.38. The fourth-order valence-corrected chi connectivity index (χ4v) is 3.27. The molecule has 4 heteroatoms. The maximum Gasteiger partial charge on any atom is 0.123 e. The van der Waals surface area contributed by atoms with Crippen molar-refractivity contribution in [3.05, 3.63) is 35.8 Å². The number of likely N-dealkylation sites (tertiary alicyclic amines) is 1. The quantitative estimate of drug-likeness (QED) is 0.932. The van der Waals surface area contributed by atoms with E-state index < -0.39 is 0 Å². The maximum absolute atomic E-state index is 4.34. The number of benzene rings is 1. The smallest absolute Gasteiger partial charge is 0.123 e. The van der Waals surface area contributed by atoms with Gasteiger partial charge in [-0.05, 0) is 63.2 Å². The molecule has 0 aliphatic carbocycles. The molecule has 0 saturated carbocycles. The second-order valence-corrected chi connectivity index (χ2v) is 6.44. The predicted octanol–water partition coefficient (Wildman–Crippen LogP) is 3.56. The highest BCUT2D eigenvalue weighted by molar-refractivity contribution is 7.13. The SMILES string of the molecule is CN1CCC(CNc2ccc(-c3nccs3)cc2)CC1. The largest absolute Gasteiger partial charge is 0.385 e. The number of anilines is 1. The van der Waals surface area contributed by atoms with Crippen LogP contribution < -0.4 is 5.32 Å². The Morgan fingerprint density at radius 1 is 1.25 bits per heavy atom. The minimum atomic E-state index is 0.810. The molecule has 1 aliphatic heterocycles. The van der Waals surface area contributed by atoms with Gasteiger partial charge in [0, 0.05) is 29.4 Å². The van der Waals surface area contributed by atoms with Crippen LogP contribution in [0, 0.1) is 5.92 Å². The van der Waals surface area contributed by atoms with Crippen LogP contribution in [0.25, 0.3) is 10.6 Å². The van der Waals surface area contributed by atoms with Gasteiger partial charge in [-0.2, -0.15) is 0 Å². The first kappa shape index (κ1) is 13.6. The minimum Gasteiger partial charge on any atom is -0.385 e. The van der Waals surface area contributed by atoms with Crippen LogP contribution in [0.5, 0.6) is 0 Å². The lowest BCUT2D eigenvalue weighted by molar-refractivity contribution is 0.226. The Balaban J connectivity index is 1.53. The zero-order chi connectivity index (χ0) is 13.8. The van der Waals surface area contributed by atoms with Crippen LogP contribution in [-0.2, 0) is 0 Å². The van der Waals surface area contributed by atoms with Crippen molar-refractivity contribution in [3.63, 3.8) is 0 Å². The van der Waals surface area contributed by atoms with Crippen molar-refractivity contribution < 1.29 is 0 Å². The number of hydrogen-bond donors (Lipinski definition) is 1. The van der Waals surface area contributed by atoms with Crippen LogP contribution in [0.3, 0.4) is 0 Å². The molecule has 0 spiro atoms. The van der Waals surface area contributed by atoms with Crippen LogP contribution in [0.4, 0.5) is 5.69 Å². The molecule has 0 amide bonds. The second-order valence-electron chi connectivity index (χ2n) is 5.54. The van der Waals surface area contributed by atoms with Crippen molar-refractivity contribution in [1.82, 2.24) is 9.88 Å². The molecule has 0 radical (unpaired) electrons. The van der Waals surface area contributed by atoms with E-state index in [-0.39, 0.29) is 0 Å². The van der Waals surface area contributed by atoms with Gasteiger partial charge in [0.05, 0.1) is 0 Å². The van der Waals surface area contributed by atoms with Crippen LogP contribution in [-0.4, -0.2) is 36.6 Å². The summed E-state index contributed by atoms with van der Waals surface area (Å²) >= 11 is 1.68. The van der Waals surface area contributed by atoms with E-state index in [1.807, 2.05) is 11.6 Å². The fraction of sp³-hybridized carbons (Fsp3) is 0.438. The van der Waals surface area contributed by atoms with Gasteiger partial charge in [0.2, 0.25) is 0 Å². The number of thiazole rings is 1. The van der Waals surface area contributed by atoms with Gasteiger partial charge in [0.25, 0.3) is 0 Å². The first-order chi connectivity index (χ1) is 9.81. The van der Waals surface area contributed by atoms with Crippen molar-refractivity contribution in [2.45, 2.75) is 12.8 Å². The molecule has 2 aromatic rings. The Hall–Kier alpha value is -1.39. The number of nitrogens with one attached hydrogen (secondary N) is 1. The lowest BCUT2D eigenvalue weighted by atomic mass is 9.97. The average molecular weight is 287 g/mol. The molecular formula is C16H21N3S. The molecule has 2 heterocycles. The van der Waals surface area contributed by atoms with Crippen LogP contribution in [0.1, 0.15) is 12.8 Å². The number of piperidine rings is 1. The standard InChI is InChI=1S/C16H21N3S/c1-19-9-6-13(7-10-19)12-18-15-4-2-14(3-5-15)16-17-8-11-20-16/h2-5,8,11,13,18H,6-7,9-10,12H2,1H3. The lowest BCUT2D eigenvalue weighted by Crippen LogP contribution is -2.32. The zero-order valence-electron chi connectivity index (χ0n) is 11.9. The second kappa shape index (κ2) is 6.37. The summed E-state index contributed by atoms with van der Waals surface area (Å²) in [5, 5.41) is 6.67. The van der Waals surface area contributed by atoms with E-state index in [4.69, 9.17) is 0 Å². The summed E-state index contributed by atoms with van der Waals surface area (Å²) in [7, 11) is 2.21. The van der Waals surface area contributed by atoms with E-state index in [9.17, 15) is 0 Å². The first-order valence-corrected chi connectivity index (χ1v) is 8.11. The minimum absolute atomic E-state index is 0.810. The highest BCUT2D eigenvalue weighted by atomic mass is 32.1. The van der Waals surface area contributed by atoms with Crippen molar-refractivity contribution >= 4 is 17.0 Å². The molecule has 1 aliphatic rings. The van der Waals surface area contributed by atoms with Gasteiger partial charge < -0.3 is 10.2 Å². The summed E-state index contributed by atoms with van der Waals surface area (Å²) in [6.07, 6.45) is 4.47. The highest BCUT2D eigenvalue weighted by Gasteiger charge is 2.16. The lowest BCUT2D eigenvalue weighted by Gasteiger charge is -2.29. The molecular weight excluding hydrogens is 266 g/mol. The van der Waals surface area contributed by atoms with Crippen LogP contribution in [0.15, 0.2) is 35.8 Å². The van der Waals surface area contributed by atoms with Crippen molar-refractivity contribution in [2.75, 3.05) is 32.0 Å². The summed E-state index contributed by atoms with van der Waals surface area (Å²) < 4.78 is 0. The van der Waals surface area contributed by atoms with Crippen LogP contribution >= 0.6 is 11.3 Å².